The second kappa shape index (κ2) is 9.40. The van der Waals surface area contributed by atoms with Crippen LogP contribution in [-0.4, -0.2) is 28.2 Å². The van der Waals surface area contributed by atoms with E-state index >= 15 is 0 Å². The van der Waals surface area contributed by atoms with E-state index in [1.807, 2.05) is 0 Å². The van der Waals surface area contributed by atoms with E-state index < -0.39 is 0 Å². The molecule has 0 unspecified atom stereocenters. The first-order valence-corrected chi connectivity index (χ1v) is 9.05. The van der Waals surface area contributed by atoms with Crippen molar-refractivity contribution in [3.63, 3.8) is 0 Å². The second-order valence-electron chi connectivity index (χ2n) is 6.09. The smallest absolute Gasteiger partial charge is 0.291 e. The van der Waals surface area contributed by atoms with Crippen molar-refractivity contribution in [3.8, 4) is 5.75 Å². The van der Waals surface area contributed by atoms with Gasteiger partial charge in [-0.1, -0.05) is 19.4 Å². The molecule has 8 nitrogen and oxygen atoms in total. The zero-order valence-corrected chi connectivity index (χ0v) is 15.6. The van der Waals surface area contributed by atoms with Crippen molar-refractivity contribution in [2.45, 2.75) is 26.3 Å². The van der Waals surface area contributed by atoms with E-state index in [0.717, 1.165) is 19.4 Å². The molecule has 0 radical (unpaired) electrons. The summed E-state index contributed by atoms with van der Waals surface area (Å²) in [5.74, 6) is 0.669. The Morgan fingerprint density at radius 2 is 2.07 bits per heavy atom. The van der Waals surface area contributed by atoms with Crippen molar-refractivity contribution in [2.75, 3.05) is 17.2 Å². The number of nitrogens with zero attached hydrogens (tertiary/aromatic N) is 2. The molecule has 3 aromatic rings. The number of anilines is 2. The van der Waals surface area contributed by atoms with E-state index in [1.54, 1.807) is 53.3 Å². The van der Waals surface area contributed by atoms with Gasteiger partial charge in [-0.15, -0.1) is 0 Å². The van der Waals surface area contributed by atoms with Crippen LogP contribution in [0.1, 0.15) is 30.3 Å². The molecule has 2 heterocycles. The topological polar surface area (TPSA) is 98.4 Å². The highest BCUT2D eigenvalue weighted by Crippen LogP contribution is 2.18. The summed E-state index contributed by atoms with van der Waals surface area (Å²) in [4.78, 5) is 24.2. The number of ether oxygens (including phenoxy) is 1. The summed E-state index contributed by atoms with van der Waals surface area (Å²) in [5.41, 5.74) is 0.539. The lowest BCUT2D eigenvalue weighted by molar-refractivity contribution is -0.118. The van der Waals surface area contributed by atoms with Gasteiger partial charge in [0.2, 0.25) is 0 Å². The van der Waals surface area contributed by atoms with Crippen LogP contribution in [0.3, 0.4) is 0 Å². The number of carbonyl (C=O) groups excluding carboxylic acids is 2. The number of aryl methyl sites for hydroxylation is 1. The molecule has 0 saturated heterocycles. The summed E-state index contributed by atoms with van der Waals surface area (Å²) in [6.07, 6.45) is 5.11. The number of amides is 2. The zero-order chi connectivity index (χ0) is 19.8. The summed E-state index contributed by atoms with van der Waals surface area (Å²) in [7, 11) is 0. The third-order valence-corrected chi connectivity index (χ3v) is 3.91. The first-order chi connectivity index (χ1) is 13.7. The van der Waals surface area contributed by atoms with E-state index in [4.69, 9.17) is 9.15 Å². The minimum atomic E-state index is -0.361. The highest BCUT2D eigenvalue weighted by molar-refractivity contribution is 6.02. The van der Waals surface area contributed by atoms with Crippen molar-refractivity contribution in [3.05, 3.63) is 60.7 Å². The Bertz CT molecular complexity index is 918. The van der Waals surface area contributed by atoms with Crippen molar-refractivity contribution in [2.24, 2.45) is 0 Å². The average Bonchev–Trinajstić information content (AvgIpc) is 3.37. The molecular weight excluding hydrogens is 360 g/mol. The molecule has 146 valence electrons. The molecule has 0 fully saturated rings. The Morgan fingerprint density at radius 1 is 1.18 bits per heavy atom. The van der Waals surface area contributed by atoms with Crippen LogP contribution in [0, 0.1) is 0 Å². The Labute approximate surface area is 162 Å². The monoisotopic (exact) mass is 382 g/mol. The molecule has 3 rings (SSSR count). The van der Waals surface area contributed by atoms with Crippen molar-refractivity contribution in [1.82, 2.24) is 9.78 Å². The number of furan rings is 1. The van der Waals surface area contributed by atoms with Crippen LogP contribution >= 0.6 is 0 Å². The summed E-state index contributed by atoms with van der Waals surface area (Å²) < 4.78 is 12.3. The van der Waals surface area contributed by atoms with Gasteiger partial charge in [-0.05, 0) is 30.7 Å². The SMILES string of the molecule is CCCCn1nccc1NC(=O)COc1cccc(NC(=O)c2ccco2)c1. The van der Waals surface area contributed by atoms with Gasteiger partial charge in [0, 0.05) is 24.4 Å². The Morgan fingerprint density at radius 3 is 2.86 bits per heavy atom. The van der Waals surface area contributed by atoms with Gasteiger partial charge in [0.1, 0.15) is 11.6 Å². The molecule has 2 N–H and O–H groups in total. The summed E-state index contributed by atoms with van der Waals surface area (Å²) in [6, 6.07) is 11.8. The molecule has 0 atom stereocenters. The van der Waals surface area contributed by atoms with Crippen LogP contribution in [0.15, 0.2) is 59.3 Å². The number of nitrogens with one attached hydrogen (secondary N) is 2. The van der Waals surface area contributed by atoms with E-state index in [0.29, 0.717) is 17.3 Å². The molecule has 0 saturated carbocycles. The highest BCUT2D eigenvalue weighted by atomic mass is 16.5. The maximum Gasteiger partial charge on any atom is 0.291 e. The molecule has 2 aromatic heterocycles. The number of hydrogen-bond donors (Lipinski definition) is 2. The summed E-state index contributed by atoms with van der Waals surface area (Å²) in [6.45, 7) is 2.69. The number of benzene rings is 1. The fraction of sp³-hybridized carbons (Fsp3) is 0.250. The van der Waals surface area contributed by atoms with Crippen LogP contribution in [0.5, 0.6) is 5.75 Å². The maximum atomic E-state index is 12.2. The maximum absolute atomic E-state index is 12.2. The van der Waals surface area contributed by atoms with Gasteiger partial charge in [0.05, 0.1) is 12.5 Å². The molecule has 0 aliphatic rings. The third kappa shape index (κ3) is 5.23. The molecule has 0 aliphatic carbocycles. The summed E-state index contributed by atoms with van der Waals surface area (Å²) in [5, 5.41) is 9.70. The molecular formula is C20H22N4O4. The molecule has 0 aliphatic heterocycles. The molecule has 28 heavy (non-hydrogen) atoms. The second-order valence-corrected chi connectivity index (χ2v) is 6.09. The molecule has 2 amide bonds. The van der Waals surface area contributed by atoms with E-state index in [9.17, 15) is 9.59 Å². The fourth-order valence-electron chi connectivity index (χ4n) is 2.52. The summed E-state index contributed by atoms with van der Waals surface area (Å²) >= 11 is 0. The van der Waals surface area contributed by atoms with Crippen molar-refractivity contribution >= 4 is 23.3 Å². The fourth-order valence-corrected chi connectivity index (χ4v) is 2.52. The Balaban J connectivity index is 1.52. The lowest BCUT2D eigenvalue weighted by Crippen LogP contribution is -2.22. The van der Waals surface area contributed by atoms with Gasteiger partial charge in [0.25, 0.3) is 11.8 Å². The number of aromatic nitrogens is 2. The van der Waals surface area contributed by atoms with Crippen molar-refractivity contribution < 1.29 is 18.7 Å². The number of unbranched alkanes of at least 4 members (excludes halogenated alkanes) is 1. The van der Waals surface area contributed by atoms with Crippen molar-refractivity contribution in [1.29, 1.82) is 0 Å². The van der Waals surface area contributed by atoms with E-state index in [-0.39, 0.29) is 24.2 Å². The Hall–Kier alpha value is -3.55. The average molecular weight is 382 g/mol. The minimum Gasteiger partial charge on any atom is -0.484 e. The minimum absolute atomic E-state index is 0.158. The van der Waals surface area contributed by atoms with Gasteiger partial charge < -0.3 is 19.8 Å². The predicted octanol–water partition coefficient (Wildman–Crippen LogP) is 3.55. The lowest BCUT2D eigenvalue weighted by Gasteiger charge is -2.10. The van der Waals surface area contributed by atoms with Gasteiger partial charge in [-0.2, -0.15) is 5.10 Å². The number of rotatable bonds is 9. The van der Waals surface area contributed by atoms with E-state index in [2.05, 4.69) is 22.7 Å². The molecule has 8 heteroatoms. The molecule has 0 bridgehead atoms. The van der Waals surface area contributed by atoms with Gasteiger partial charge in [-0.3, -0.25) is 9.59 Å². The van der Waals surface area contributed by atoms with Gasteiger partial charge >= 0.3 is 0 Å². The van der Waals surface area contributed by atoms with Crippen LogP contribution in [0.25, 0.3) is 0 Å². The van der Waals surface area contributed by atoms with Crippen LogP contribution in [0.2, 0.25) is 0 Å². The standard InChI is InChI=1S/C20H22N4O4/c1-2-3-11-24-18(9-10-21-24)23-19(25)14-28-16-7-4-6-15(13-16)22-20(26)17-8-5-12-27-17/h4-10,12-13H,2-3,11,14H2,1H3,(H,22,26)(H,23,25). The zero-order valence-electron chi connectivity index (χ0n) is 15.6. The lowest BCUT2D eigenvalue weighted by atomic mass is 10.3. The first-order valence-electron chi connectivity index (χ1n) is 9.05. The largest absolute Gasteiger partial charge is 0.484 e. The van der Waals surface area contributed by atoms with Crippen LogP contribution in [0.4, 0.5) is 11.5 Å². The third-order valence-electron chi connectivity index (χ3n) is 3.91. The molecule has 1 aromatic carbocycles. The quantitative estimate of drug-likeness (QED) is 0.590. The van der Waals surface area contributed by atoms with Gasteiger partial charge in [-0.25, -0.2) is 4.68 Å². The normalized spacial score (nSPS) is 10.5. The first kappa shape index (κ1) is 19.2. The predicted molar refractivity (Wildman–Crippen MR) is 104 cm³/mol. The van der Waals surface area contributed by atoms with E-state index in [1.165, 1.54) is 6.26 Å². The highest BCUT2D eigenvalue weighted by Gasteiger charge is 2.10. The van der Waals surface area contributed by atoms with Crippen LogP contribution < -0.4 is 15.4 Å². The molecule has 0 spiro atoms. The number of carbonyl (C=O) groups is 2. The Kier molecular flexibility index (Phi) is 6.46. The van der Waals surface area contributed by atoms with Gasteiger partial charge in [0.15, 0.2) is 12.4 Å². The van der Waals surface area contributed by atoms with Crippen LogP contribution in [-0.2, 0) is 11.3 Å². The number of hydrogen-bond acceptors (Lipinski definition) is 5.